The molecule has 1 aromatic carbocycles. The summed E-state index contributed by atoms with van der Waals surface area (Å²) in [5.74, 6) is 0.0105. The van der Waals surface area contributed by atoms with Gasteiger partial charge in [-0.3, -0.25) is 4.79 Å². The Morgan fingerprint density at radius 2 is 1.84 bits per heavy atom. The minimum Gasteiger partial charge on any atom is -0.338 e. The van der Waals surface area contributed by atoms with Crippen LogP contribution in [-0.2, 0) is 4.79 Å². The van der Waals surface area contributed by atoms with Crippen LogP contribution < -0.4 is 5.73 Å². The molecule has 1 unspecified atom stereocenters. The van der Waals surface area contributed by atoms with E-state index in [0.29, 0.717) is 10.0 Å². The molecule has 19 heavy (non-hydrogen) atoms. The van der Waals surface area contributed by atoms with Crippen molar-refractivity contribution in [3.8, 4) is 0 Å². The van der Waals surface area contributed by atoms with E-state index in [1.54, 1.807) is 24.1 Å². The second-order valence-electron chi connectivity index (χ2n) is 5.06. The number of hydrogen-bond acceptors (Lipinski definition) is 2. The van der Waals surface area contributed by atoms with Crippen LogP contribution in [0.4, 0.5) is 0 Å². The predicted octanol–water partition coefficient (Wildman–Crippen LogP) is 3.50. The lowest BCUT2D eigenvalue weighted by atomic mass is 10.0. The van der Waals surface area contributed by atoms with Crippen LogP contribution in [0.3, 0.4) is 0 Å². The molecular formula is C14H20Cl2N2O. The van der Waals surface area contributed by atoms with Gasteiger partial charge in [0.05, 0.1) is 12.1 Å². The largest absolute Gasteiger partial charge is 0.338 e. The van der Waals surface area contributed by atoms with E-state index in [2.05, 4.69) is 0 Å². The number of rotatable bonds is 4. The van der Waals surface area contributed by atoms with Gasteiger partial charge in [0.2, 0.25) is 5.91 Å². The van der Waals surface area contributed by atoms with Gasteiger partial charge in [0.25, 0.3) is 0 Å². The minimum absolute atomic E-state index is 0.0893. The zero-order chi connectivity index (χ0) is 14.7. The topological polar surface area (TPSA) is 46.3 Å². The number of carbonyl (C=O) groups excluding carboxylic acids is 1. The van der Waals surface area contributed by atoms with Crippen LogP contribution in [0, 0.1) is 5.92 Å². The van der Waals surface area contributed by atoms with Crippen LogP contribution in [0.2, 0.25) is 10.0 Å². The van der Waals surface area contributed by atoms with Gasteiger partial charge in [-0.1, -0.05) is 43.1 Å². The average Bonchev–Trinajstić information content (AvgIpc) is 2.35. The molecule has 0 aromatic heterocycles. The third-order valence-electron chi connectivity index (χ3n) is 3.34. The Labute approximate surface area is 124 Å². The van der Waals surface area contributed by atoms with Crippen molar-refractivity contribution in [3.63, 3.8) is 0 Å². The molecular weight excluding hydrogens is 283 g/mol. The Bertz CT molecular complexity index is 463. The van der Waals surface area contributed by atoms with Crippen LogP contribution in [0.25, 0.3) is 0 Å². The van der Waals surface area contributed by atoms with Crippen molar-refractivity contribution < 1.29 is 4.79 Å². The molecule has 3 nitrogen and oxygen atoms in total. The van der Waals surface area contributed by atoms with Crippen molar-refractivity contribution in [3.05, 3.63) is 33.8 Å². The summed E-state index contributed by atoms with van der Waals surface area (Å²) in [5, 5.41) is 1.13. The second kappa shape index (κ2) is 6.60. The van der Waals surface area contributed by atoms with Gasteiger partial charge in [-0.2, -0.15) is 0 Å². The number of hydrogen-bond donors (Lipinski definition) is 1. The van der Waals surface area contributed by atoms with E-state index in [9.17, 15) is 4.79 Å². The Morgan fingerprint density at radius 1 is 1.26 bits per heavy atom. The van der Waals surface area contributed by atoms with E-state index in [0.717, 1.165) is 5.56 Å². The standard InChI is InChI=1S/C14H20Cl2N2O/c1-8(2)13(17)14(19)18(4)9(3)11-6-5-10(15)7-12(11)16/h5-9,13H,17H2,1-4H3/t9?,13-/m1/s1. The molecule has 0 bridgehead atoms. The number of nitrogens with zero attached hydrogens (tertiary/aromatic N) is 1. The summed E-state index contributed by atoms with van der Waals surface area (Å²) < 4.78 is 0. The fourth-order valence-electron chi connectivity index (χ4n) is 1.76. The SMILES string of the molecule is CC(C)[C@@H](N)C(=O)N(C)C(C)c1ccc(Cl)cc1Cl. The fourth-order valence-corrected chi connectivity index (χ4v) is 2.33. The highest BCUT2D eigenvalue weighted by molar-refractivity contribution is 6.35. The summed E-state index contributed by atoms with van der Waals surface area (Å²) in [6, 6.07) is 4.62. The second-order valence-corrected chi connectivity index (χ2v) is 5.90. The molecule has 0 fully saturated rings. The van der Waals surface area contributed by atoms with E-state index in [-0.39, 0.29) is 17.9 Å². The summed E-state index contributed by atoms with van der Waals surface area (Å²) in [4.78, 5) is 13.8. The van der Waals surface area contributed by atoms with Crippen LogP contribution >= 0.6 is 23.2 Å². The van der Waals surface area contributed by atoms with E-state index in [4.69, 9.17) is 28.9 Å². The molecule has 0 radical (unpaired) electrons. The molecule has 0 saturated heterocycles. The van der Waals surface area contributed by atoms with Gasteiger partial charge in [0, 0.05) is 17.1 Å². The first-order valence-corrected chi connectivity index (χ1v) is 6.98. The van der Waals surface area contributed by atoms with E-state index in [1.807, 2.05) is 26.8 Å². The molecule has 106 valence electrons. The quantitative estimate of drug-likeness (QED) is 0.925. The molecule has 1 aromatic rings. The number of amides is 1. The third-order valence-corrected chi connectivity index (χ3v) is 3.91. The number of carbonyl (C=O) groups is 1. The molecule has 0 saturated carbocycles. The first kappa shape index (κ1) is 16.3. The molecule has 0 aliphatic carbocycles. The Morgan fingerprint density at radius 3 is 2.32 bits per heavy atom. The van der Waals surface area contributed by atoms with Crippen LogP contribution in [0.15, 0.2) is 18.2 Å². The molecule has 2 atom stereocenters. The molecule has 0 spiro atoms. The maximum atomic E-state index is 12.2. The number of benzene rings is 1. The monoisotopic (exact) mass is 302 g/mol. The van der Waals surface area contributed by atoms with Gasteiger partial charge in [-0.15, -0.1) is 0 Å². The minimum atomic E-state index is -0.501. The summed E-state index contributed by atoms with van der Waals surface area (Å²) in [5.41, 5.74) is 6.75. The van der Waals surface area contributed by atoms with Crippen molar-refractivity contribution in [2.75, 3.05) is 7.05 Å². The Balaban J connectivity index is 2.93. The maximum absolute atomic E-state index is 12.2. The fraction of sp³-hybridized carbons (Fsp3) is 0.500. The normalized spacial score (nSPS) is 14.3. The van der Waals surface area contributed by atoms with E-state index < -0.39 is 6.04 Å². The van der Waals surface area contributed by atoms with E-state index >= 15 is 0 Å². The van der Waals surface area contributed by atoms with Crippen LogP contribution in [0.1, 0.15) is 32.4 Å². The van der Waals surface area contributed by atoms with Crippen molar-refractivity contribution in [1.29, 1.82) is 0 Å². The van der Waals surface area contributed by atoms with Crippen molar-refractivity contribution in [2.24, 2.45) is 11.7 Å². The highest BCUT2D eigenvalue weighted by Gasteiger charge is 2.25. The molecule has 2 N–H and O–H groups in total. The average molecular weight is 303 g/mol. The number of nitrogens with two attached hydrogens (primary N) is 1. The van der Waals surface area contributed by atoms with Crippen molar-refractivity contribution in [2.45, 2.75) is 32.9 Å². The summed E-state index contributed by atoms with van der Waals surface area (Å²) in [6.07, 6.45) is 0. The van der Waals surface area contributed by atoms with Gasteiger partial charge in [0.1, 0.15) is 0 Å². The highest BCUT2D eigenvalue weighted by Crippen LogP contribution is 2.29. The zero-order valence-electron chi connectivity index (χ0n) is 11.7. The molecule has 1 amide bonds. The summed E-state index contributed by atoms with van der Waals surface area (Å²) >= 11 is 12.0. The van der Waals surface area contributed by atoms with Crippen LogP contribution in [-0.4, -0.2) is 23.9 Å². The van der Waals surface area contributed by atoms with Gasteiger partial charge in [-0.25, -0.2) is 0 Å². The highest BCUT2D eigenvalue weighted by atomic mass is 35.5. The molecule has 0 heterocycles. The summed E-state index contributed by atoms with van der Waals surface area (Å²) in [6.45, 7) is 5.77. The van der Waals surface area contributed by atoms with Crippen LogP contribution in [0.5, 0.6) is 0 Å². The third kappa shape index (κ3) is 3.85. The molecule has 5 heteroatoms. The zero-order valence-corrected chi connectivity index (χ0v) is 13.2. The maximum Gasteiger partial charge on any atom is 0.239 e. The first-order valence-electron chi connectivity index (χ1n) is 6.23. The van der Waals surface area contributed by atoms with Gasteiger partial charge in [-0.05, 0) is 30.5 Å². The summed E-state index contributed by atoms with van der Waals surface area (Å²) in [7, 11) is 1.74. The Kier molecular flexibility index (Phi) is 5.65. The van der Waals surface area contributed by atoms with E-state index in [1.165, 1.54) is 0 Å². The molecule has 0 aliphatic heterocycles. The lowest BCUT2D eigenvalue weighted by Gasteiger charge is -2.29. The van der Waals surface area contributed by atoms with Gasteiger partial charge in [0.15, 0.2) is 0 Å². The van der Waals surface area contributed by atoms with Gasteiger partial charge >= 0.3 is 0 Å². The lowest BCUT2D eigenvalue weighted by molar-refractivity contribution is -0.134. The van der Waals surface area contributed by atoms with Crippen molar-refractivity contribution in [1.82, 2.24) is 4.90 Å². The lowest BCUT2D eigenvalue weighted by Crippen LogP contribution is -2.45. The number of likely N-dealkylation sites (N-methyl/N-ethyl adjacent to an activating group) is 1. The first-order chi connectivity index (χ1) is 8.75. The smallest absolute Gasteiger partial charge is 0.239 e. The predicted molar refractivity (Wildman–Crippen MR) is 80.5 cm³/mol. The molecule has 1 rings (SSSR count). The molecule has 0 aliphatic rings. The number of halogens is 2. The van der Waals surface area contributed by atoms with Crippen molar-refractivity contribution >= 4 is 29.1 Å². The Hall–Kier alpha value is -0.770. The van der Waals surface area contributed by atoms with Gasteiger partial charge < -0.3 is 10.6 Å².